The maximum atomic E-state index is 5.67. The Morgan fingerprint density at radius 3 is 2.29 bits per heavy atom. The zero-order valence-electron chi connectivity index (χ0n) is 15.8. The normalized spacial score (nSPS) is 20.0. The molecule has 24 heavy (non-hydrogen) atoms. The van der Waals surface area contributed by atoms with Crippen LogP contribution in [0, 0.1) is 0 Å². The smallest absolute Gasteiger partial charge is 0.164 e. The molecule has 1 aromatic carbocycles. The number of hydrogen-bond donors (Lipinski definition) is 1. The second-order valence-corrected chi connectivity index (χ2v) is 6.58. The van der Waals surface area contributed by atoms with E-state index in [1.54, 1.807) is 21.3 Å². The summed E-state index contributed by atoms with van der Waals surface area (Å²) in [4.78, 5) is 4.73. The molecule has 0 bridgehead atoms. The number of rotatable bonds is 7. The van der Waals surface area contributed by atoms with Gasteiger partial charge in [0.15, 0.2) is 11.5 Å². The van der Waals surface area contributed by atoms with Gasteiger partial charge in [-0.3, -0.25) is 4.90 Å². The van der Waals surface area contributed by atoms with Gasteiger partial charge in [-0.15, -0.1) is 0 Å². The van der Waals surface area contributed by atoms with Gasteiger partial charge in [0.2, 0.25) is 0 Å². The summed E-state index contributed by atoms with van der Waals surface area (Å²) >= 11 is 0. The molecule has 0 spiro atoms. The Morgan fingerprint density at radius 2 is 1.75 bits per heavy atom. The molecule has 1 heterocycles. The van der Waals surface area contributed by atoms with Crippen LogP contribution in [0.3, 0.4) is 0 Å². The van der Waals surface area contributed by atoms with Crippen LogP contribution in [-0.4, -0.2) is 77.4 Å². The summed E-state index contributed by atoms with van der Waals surface area (Å²) in [5, 5.41) is 3.51. The van der Waals surface area contributed by atoms with Crippen molar-refractivity contribution in [1.82, 2.24) is 15.1 Å². The van der Waals surface area contributed by atoms with E-state index in [9.17, 15) is 0 Å². The van der Waals surface area contributed by atoms with E-state index in [1.807, 2.05) is 6.07 Å². The Bertz CT molecular complexity index is 536. The molecule has 6 nitrogen and oxygen atoms in total. The largest absolute Gasteiger partial charge is 0.496 e. The quantitative estimate of drug-likeness (QED) is 0.816. The predicted octanol–water partition coefficient (Wildman–Crippen LogP) is 1.61. The molecule has 1 fully saturated rings. The molecule has 0 aromatic heterocycles. The maximum Gasteiger partial charge on any atom is 0.164 e. The van der Waals surface area contributed by atoms with Crippen LogP contribution in [0.2, 0.25) is 0 Å². The summed E-state index contributed by atoms with van der Waals surface area (Å²) in [6, 6.07) is 4.69. The molecule has 1 aliphatic rings. The van der Waals surface area contributed by atoms with E-state index < -0.39 is 0 Å². The Hall–Kier alpha value is -1.50. The third kappa shape index (κ3) is 4.32. The van der Waals surface area contributed by atoms with E-state index in [0.717, 1.165) is 43.2 Å². The van der Waals surface area contributed by atoms with Crippen molar-refractivity contribution in [3.05, 3.63) is 17.7 Å². The minimum atomic E-state index is 0.235. The average Bonchev–Trinajstić information content (AvgIpc) is 2.58. The average molecular weight is 337 g/mol. The summed E-state index contributed by atoms with van der Waals surface area (Å²) in [6.45, 7) is 6.17. The van der Waals surface area contributed by atoms with Gasteiger partial charge in [-0.2, -0.15) is 0 Å². The fourth-order valence-corrected chi connectivity index (χ4v) is 3.31. The number of nitrogens with zero attached hydrogens (tertiary/aromatic N) is 2. The molecule has 136 valence electrons. The van der Waals surface area contributed by atoms with Crippen molar-refractivity contribution >= 4 is 0 Å². The van der Waals surface area contributed by atoms with Crippen LogP contribution in [0.1, 0.15) is 18.5 Å². The number of ether oxygens (including phenoxy) is 3. The van der Waals surface area contributed by atoms with Gasteiger partial charge in [0.1, 0.15) is 5.75 Å². The highest BCUT2D eigenvalue weighted by molar-refractivity contribution is 5.52. The van der Waals surface area contributed by atoms with Crippen LogP contribution < -0.4 is 19.5 Å². The number of nitrogens with one attached hydrogen (secondary N) is 1. The first kappa shape index (κ1) is 18.8. The van der Waals surface area contributed by atoms with Gasteiger partial charge in [0.05, 0.1) is 27.4 Å². The number of benzene rings is 1. The summed E-state index contributed by atoms with van der Waals surface area (Å²) in [7, 11) is 9.23. The topological polar surface area (TPSA) is 46.2 Å². The van der Waals surface area contributed by atoms with Gasteiger partial charge in [-0.05, 0) is 27.1 Å². The van der Waals surface area contributed by atoms with Crippen LogP contribution in [0.4, 0.5) is 0 Å². The lowest BCUT2D eigenvalue weighted by Gasteiger charge is -2.39. The number of piperazine rings is 1. The van der Waals surface area contributed by atoms with E-state index in [1.165, 1.54) is 0 Å². The Balaban J connectivity index is 2.44. The Morgan fingerprint density at radius 1 is 1.12 bits per heavy atom. The molecule has 6 heteroatoms. The summed E-state index contributed by atoms with van der Waals surface area (Å²) < 4.78 is 16.6. The first-order valence-electron chi connectivity index (χ1n) is 8.42. The first-order chi connectivity index (χ1) is 11.5. The second-order valence-electron chi connectivity index (χ2n) is 6.58. The van der Waals surface area contributed by atoms with E-state index in [-0.39, 0.29) is 6.04 Å². The zero-order valence-corrected chi connectivity index (χ0v) is 15.8. The molecule has 2 unspecified atom stereocenters. The summed E-state index contributed by atoms with van der Waals surface area (Å²) in [5.74, 6) is 2.27. The molecule has 0 amide bonds. The molecule has 0 radical (unpaired) electrons. The molecular weight excluding hydrogens is 306 g/mol. The number of hydrogen-bond acceptors (Lipinski definition) is 6. The summed E-state index contributed by atoms with van der Waals surface area (Å²) in [6.07, 6.45) is 0. The number of likely N-dealkylation sites (N-methyl/N-ethyl adjacent to an activating group) is 1. The van der Waals surface area contributed by atoms with Crippen molar-refractivity contribution < 1.29 is 14.2 Å². The lowest BCUT2D eigenvalue weighted by Crippen LogP contribution is -2.51. The van der Waals surface area contributed by atoms with Gasteiger partial charge in [0.25, 0.3) is 0 Å². The third-order valence-corrected chi connectivity index (χ3v) is 4.47. The predicted molar refractivity (Wildman–Crippen MR) is 96.4 cm³/mol. The minimum Gasteiger partial charge on any atom is -0.496 e. The van der Waals surface area contributed by atoms with Gasteiger partial charge < -0.3 is 24.4 Å². The van der Waals surface area contributed by atoms with Crippen LogP contribution in [0.15, 0.2) is 12.1 Å². The van der Waals surface area contributed by atoms with Crippen molar-refractivity contribution in [2.24, 2.45) is 0 Å². The van der Waals surface area contributed by atoms with Crippen molar-refractivity contribution in [2.45, 2.75) is 19.0 Å². The summed E-state index contributed by atoms with van der Waals surface area (Å²) in [5.41, 5.74) is 1.14. The van der Waals surface area contributed by atoms with Crippen LogP contribution >= 0.6 is 0 Å². The fourth-order valence-electron chi connectivity index (χ4n) is 3.31. The van der Waals surface area contributed by atoms with Crippen LogP contribution in [0.25, 0.3) is 0 Å². The van der Waals surface area contributed by atoms with Crippen LogP contribution in [0.5, 0.6) is 17.2 Å². The van der Waals surface area contributed by atoms with Crippen molar-refractivity contribution in [3.8, 4) is 17.2 Å². The molecule has 1 aromatic rings. The molecule has 1 N–H and O–H groups in total. The van der Waals surface area contributed by atoms with Gasteiger partial charge in [0, 0.05) is 43.9 Å². The molecule has 0 aliphatic carbocycles. The highest BCUT2D eigenvalue weighted by Gasteiger charge is 2.29. The SMILES string of the molecule is COc1cc(OC)c(C(CN(C)C)N2CCNC(C)C2)cc1OC. The lowest BCUT2D eigenvalue weighted by atomic mass is 10.0. The van der Waals surface area contributed by atoms with Gasteiger partial charge in [-0.1, -0.05) is 0 Å². The van der Waals surface area contributed by atoms with Crippen molar-refractivity contribution in [2.75, 3.05) is 61.6 Å². The molecule has 1 aliphatic heterocycles. The zero-order chi connectivity index (χ0) is 17.7. The lowest BCUT2D eigenvalue weighted by molar-refractivity contribution is 0.123. The fraction of sp³-hybridized carbons (Fsp3) is 0.667. The molecular formula is C18H31N3O3. The van der Waals surface area contributed by atoms with Crippen LogP contribution in [-0.2, 0) is 0 Å². The van der Waals surface area contributed by atoms with Crippen molar-refractivity contribution in [3.63, 3.8) is 0 Å². The molecule has 2 rings (SSSR count). The van der Waals surface area contributed by atoms with E-state index in [2.05, 4.69) is 42.2 Å². The second kappa shape index (κ2) is 8.55. The van der Waals surface area contributed by atoms with Crippen molar-refractivity contribution in [1.29, 1.82) is 0 Å². The highest BCUT2D eigenvalue weighted by atomic mass is 16.5. The molecule has 1 saturated heterocycles. The maximum absolute atomic E-state index is 5.67. The van der Waals surface area contributed by atoms with E-state index in [4.69, 9.17) is 14.2 Å². The Labute approximate surface area is 145 Å². The molecule has 0 saturated carbocycles. The monoisotopic (exact) mass is 337 g/mol. The first-order valence-corrected chi connectivity index (χ1v) is 8.42. The van der Waals surface area contributed by atoms with E-state index >= 15 is 0 Å². The highest BCUT2D eigenvalue weighted by Crippen LogP contribution is 2.39. The van der Waals surface area contributed by atoms with Gasteiger partial charge >= 0.3 is 0 Å². The van der Waals surface area contributed by atoms with E-state index in [0.29, 0.717) is 11.8 Å². The standard InChI is InChI=1S/C18H31N3O3/c1-13-11-21(8-7-19-13)15(12-20(2)3)14-9-17(23-5)18(24-6)10-16(14)22-4/h9-10,13,15,19H,7-8,11-12H2,1-6H3. The Kier molecular flexibility index (Phi) is 6.71. The minimum absolute atomic E-state index is 0.235. The molecule has 2 atom stereocenters. The van der Waals surface area contributed by atoms with Gasteiger partial charge in [-0.25, -0.2) is 0 Å². The number of methoxy groups -OCH3 is 3. The third-order valence-electron chi connectivity index (χ3n) is 4.47.